The SMILES string of the molecule is CCCCC(C)CCNC(=O)c1ccc(OCCN2CCCCC2)cc1.CN. The molecule has 28 heavy (non-hydrogen) atoms. The quantitative estimate of drug-likeness (QED) is 0.597. The molecule has 0 aliphatic carbocycles. The minimum absolute atomic E-state index is 0.00700. The molecule has 0 radical (unpaired) electrons. The summed E-state index contributed by atoms with van der Waals surface area (Å²) in [5.74, 6) is 1.52. The topological polar surface area (TPSA) is 67.6 Å². The summed E-state index contributed by atoms with van der Waals surface area (Å²) in [6.45, 7) is 9.31. The fourth-order valence-corrected chi connectivity index (χ4v) is 3.41. The summed E-state index contributed by atoms with van der Waals surface area (Å²) in [7, 11) is 1.50. The Kier molecular flexibility index (Phi) is 13.4. The van der Waals surface area contributed by atoms with Crippen molar-refractivity contribution < 1.29 is 9.53 Å². The number of rotatable bonds is 11. The number of ether oxygens (including phenoxy) is 1. The first-order valence-electron chi connectivity index (χ1n) is 11.0. The summed E-state index contributed by atoms with van der Waals surface area (Å²) in [5, 5.41) is 3.03. The number of hydrogen-bond donors (Lipinski definition) is 2. The minimum Gasteiger partial charge on any atom is -0.492 e. The van der Waals surface area contributed by atoms with Gasteiger partial charge in [-0.2, -0.15) is 0 Å². The average molecular weight is 392 g/mol. The van der Waals surface area contributed by atoms with E-state index in [4.69, 9.17) is 4.74 Å². The smallest absolute Gasteiger partial charge is 0.251 e. The fraction of sp³-hybridized carbons (Fsp3) is 0.696. The van der Waals surface area contributed by atoms with Crippen molar-refractivity contribution in [3.63, 3.8) is 0 Å². The molecule has 1 fully saturated rings. The number of nitrogens with two attached hydrogens (primary N) is 1. The van der Waals surface area contributed by atoms with Gasteiger partial charge in [0.05, 0.1) is 0 Å². The molecule has 5 heteroatoms. The van der Waals surface area contributed by atoms with Crippen LogP contribution < -0.4 is 15.8 Å². The van der Waals surface area contributed by atoms with Gasteiger partial charge in [-0.05, 0) is 69.6 Å². The van der Waals surface area contributed by atoms with Crippen molar-refractivity contribution in [1.29, 1.82) is 0 Å². The Hall–Kier alpha value is -1.59. The van der Waals surface area contributed by atoms with Crippen LogP contribution in [0.5, 0.6) is 5.75 Å². The van der Waals surface area contributed by atoms with Gasteiger partial charge in [-0.1, -0.05) is 39.5 Å². The molecule has 3 N–H and O–H groups in total. The number of carbonyl (C=O) groups excluding carboxylic acids is 1. The summed E-state index contributed by atoms with van der Waals surface area (Å²) in [4.78, 5) is 14.7. The number of nitrogens with one attached hydrogen (secondary N) is 1. The lowest BCUT2D eigenvalue weighted by molar-refractivity contribution is 0.0951. The number of nitrogens with zero attached hydrogens (tertiary/aromatic N) is 1. The molecule has 0 saturated carbocycles. The first-order chi connectivity index (χ1) is 13.7. The van der Waals surface area contributed by atoms with Crippen molar-refractivity contribution in [2.45, 2.75) is 58.8 Å². The van der Waals surface area contributed by atoms with Crippen LogP contribution in [0, 0.1) is 5.92 Å². The van der Waals surface area contributed by atoms with Crippen LogP contribution in [0.15, 0.2) is 24.3 Å². The van der Waals surface area contributed by atoms with Gasteiger partial charge >= 0.3 is 0 Å². The van der Waals surface area contributed by atoms with E-state index in [1.54, 1.807) is 0 Å². The van der Waals surface area contributed by atoms with Crippen LogP contribution in [-0.2, 0) is 0 Å². The highest BCUT2D eigenvalue weighted by atomic mass is 16.5. The Morgan fingerprint density at radius 1 is 1.14 bits per heavy atom. The van der Waals surface area contributed by atoms with E-state index in [1.807, 2.05) is 24.3 Å². The molecule has 0 bridgehead atoms. The van der Waals surface area contributed by atoms with Crippen LogP contribution in [0.1, 0.15) is 69.2 Å². The standard InChI is InChI=1S/C22H36N2O2.CH5N/c1-3-4-8-19(2)13-14-23-22(25)20-9-11-21(12-10-20)26-18-17-24-15-6-5-7-16-24;1-2/h9-12,19H,3-8,13-18H2,1-2H3,(H,23,25);2H2,1H3. The number of piperidine rings is 1. The molecule has 2 rings (SSSR count). The van der Waals surface area contributed by atoms with Crippen LogP contribution in [0.4, 0.5) is 0 Å². The lowest BCUT2D eigenvalue weighted by atomic mass is 10.0. The molecular weight excluding hydrogens is 350 g/mol. The highest BCUT2D eigenvalue weighted by Crippen LogP contribution is 2.14. The minimum atomic E-state index is 0.00700. The van der Waals surface area contributed by atoms with Gasteiger partial charge in [-0.25, -0.2) is 0 Å². The van der Waals surface area contributed by atoms with E-state index in [2.05, 4.69) is 29.8 Å². The average Bonchev–Trinajstić information content (AvgIpc) is 2.75. The third-order valence-corrected chi connectivity index (χ3v) is 5.21. The molecule has 5 nitrogen and oxygen atoms in total. The predicted molar refractivity (Wildman–Crippen MR) is 118 cm³/mol. The Balaban J connectivity index is 0.00000190. The Morgan fingerprint density at radius 2 is 1.82 bits per heavy atom. The molecule has 1 aliphatic heterocycles. The number of carbonyl (C=O) groups is 1. The van der Waals surface area contributed by atoms with Gasteiger partial charge in [0.2, 0.25) is 0 Å². The van der Waals surface area contributed by atoms with Crippen molar-refractivity contribution in [2.24, 2.45) is 11.7 Å². The summed E-state index contributed by atoms with van der Waals surface area (Å²) in [6.07, 6.45) is 8.78. The maximum Gasteiger partial charge on any atom is 0.251 e. The van der Waals surface area contributed by atoms with E-state index in [9.17, 15) is 4.79 Å². The number of likely N-dealkylation sites (tertiary alicyclic amines) is 1. The predicted octanol–water partition coefficient (Wildman–Crippen LogP) is 4.07. The van der Waals surface area contributed by atoms with Crippen LogP contribution in [-0.4, -0.2) is 50.6 Å². The lowest BCUT2D eigenvalue weighted by Crippen LogP contribution is -2.33. The lowest BCUT2D eigenvalue weighted by Gasteiger charge is -2.26. The Morgan fingerprint density at radius 3 is 2.46 bits per heavy atom. The second-order valence-electron chi connectivity index (χ2n) is 7.57. The second kappa shape index (κ2) is 15.3. The van der Waals surface area contributed by atoms with Gasteiger partial charge in [-0.15, -0.1) is 0 Å². The van der Waals surface area contributed by atoms with Crippen molar-refractivity contribution in [2.75, 3.05) is 39.8 Å². The number of unbranched alkanes of at least 4 members (excludes halogenated alkanes) is 1. The first-order valence-corrected chi connectivity index (χ1v) is 11.0. The van der Waals surface area contributed by atoms with Gasteiger partial charge in [0.15, 0.2) is 0 Å². The zero-order valence-corrected chi connectivity index (χ0v) is 18.2. The van der Waals surface area contributed by atoms with E-state index in [0.29, 0.717) is 18.1 Å². The zero-order chi connectivity index (χ0) is 20.6. The molecular formula is C23H41N3O2. The molecule has 1 atom stereocenters. The van der Waals surface area contributed by atoms with E-state index in [0.717, 1.165) is 25.3 Å². The number of amides is 1. The van der Waals surface area contributed by atoms with Crippen molar-refractivity contribution in [3.8, 4) is 5.75 Å². The van der Waals surface area contributed by atoms with Gasteiger partial charge in [-0.3, -0.25) is 9.69 Å². The fourth-order valence-electron chi connectivity index (χ4n) is 3.41. The molecule has 1 aromatic carbocycles. The molecule has 1 aromatic rings. The molecule has 1 aliphatic rings. The second-order valence-corrected chi connectivity index (χ2v) is 7.57. The monoisotopic (exact) mass is 391 g/mol. The largest absolute Gasteiger partial charge is 0.492 e. The summed E-state index contributed by atoms with van der Waals surface area (Å²) in [5.41, 5.74) is 5.20. The van der Waals surface area contributed by atoms with Gasteiger partial charge in [0, 0.05) is 18.7 Å². The van der Waals surface area contributed by atoms with Crippen LogP contribution in [0.2, 0.25) is 0 Å². The third kappa shape index (κ3) is 10.1. The van der Waals surface area contributed by atoms with Gasteiger partial charge in [0.1, 0.15) is 12.4 Å². The summed E-state index contributed by atoms with van der Waals surface area (Å²) < 4.78 is 5.82. The van der Waals surface area contributed by atoms with Crippen LogP contribution >= 0.6 is 0 Å². The van der Waals surface area contributed by atoms with E-state index < -0.39 is 0 Å². The highest BCUT2D eigenvalue weighted by molar-refractivity contribution is 5.94. The molecule has 1 saturated heterocycles. The molecule has 0 spiro atoms. The van der Waals surface area contributed by atoms with Crippen molar-refractivity contribution in [3.05, 3.63) is 29.8 Å². The maximum atomic E-state index is 12.2. The molecule has 1 heterocycles. The molecule has 1 unspecified atom stereocenters. The normalized spacial score (nSPS) is 15.3. The van der Waals surface area contributed by atoms with Crippen LogP contribution in [0.25, 0.3) is 0 Å². The molecule has 0 aromatic heterocycles. The summed E-state index contributed by atoms with van der Waals surface area (Å²) >= 11 is 0. The van der Waals surface area contributed by atoms with E-state index >= 15 is 0 Å². The van der Waals surface area contributed by atoms with Crippen LogP contribution in [0.3, 0.4) is 0 Å². The van der Waals surface area contributed by atoms with Gasteiger partial charge in [0.25, 0.3) is 5.91 Å². The van der Waals surface area contributed by atoms with Gasteiger partial charge < -0.3 is 15.8 Å². The number of benzene rings is 1. The number of hydrogen-bond acceptors (Lipinski definition) is 4. The molecule has 1 amide bonds. The van der Waals surface area contributed by atoms with Crippen molar-refractivity contribution >= 4 is 5.91 Å². The molecule has 160 valence electrons. The first kappa shape index (κ1) is 24.4. The summed E-state index contributed by atoms with van der Waals surface area (Å²) in [6, 6.07) is 7.50. The van der Waals surface area contributed by atoms with E-state index in [-0.39, 0.29) is 5.91 Å². The Labute approximate surface area is 172 Å². The van der Waals surface area contributed by atoms with E-state index in [1.165, 1.54) is 58.7 Å². The van der Waals surface area contributed by atoms with Crippen molar-refractivity contribution in [1.82, 2.24) is 10.2 Å². The zero-order valence-electron chi connectivity index (χ0n) is 18.2. The third-order valence-electron chi connectivity index (χ3n) is 5.21. The maximum absolute atomic E-state index is 12.2. The highest BCUT2D eigenvalue weighted by Gasteiger charge is 2.10. The Bertz CT molecular complexity index is 513.